The molecule has 0 spiro atoms. The molecule has 3 aromatic carbocycles. The van der Waals surface area contributed by atoms with Crippen molar-refractivity contribution in [2.75, 3.05) is 21.3 Å². The van der Waals surface area contributed by atoms with Crippen LogP contribution in [0.2, 0.25) is 0 Å². The van der Waals surface area contributed by atoms with Gasteiger partial charge in [0.25, 0.3) is 5.91 Å². The molecule has 0 unspecified atom stereocenters. The zero-order chi connectivity index (χ0) is 19.2. The van der Waals surface area contributed by atoms with Gasteiger partial charge in [0.05, 0.1) is 27.5 Å². The zero-order valence-corrected chi connectivity index (χ0v) is 15.4. The lowest BCUT2D eigenvalue weighted by molar-refractivity contribution is 0.0957. The van der Waals surface area contributed by atoms with Gasteiger partial charge in [0.15, 0.2) is 11.5 Å². The van der Waals surface area contributed by atoms with Gasteiger partial charge in [-0.25, -0.2) is 5.43 Å². The highest BCUT2D eigenvalue weighted by molar-refractivity contribution is 6.07. The molecule has 0 heterocycles. The quantitative estimate of drug-likeness (QED) is 0.536. The molecule has 0 aromatic heterocycles. The smallest absolute Gasteiger partial charge is 0.271 e. The summed E-state index contributed by atoms with van der Waals surface area (Å²) in [6.07, 6.45) is 1.52. The lowest BCUT2D eigenvalue weighted by atomic mass is 10.0. The Morgan fingerprint density at radius 2 is 1.59 bits per heavy atom. The third-order valence-corrected chi connectivity index (χ3v) is 4.10. The van der Waals surface area contributed by atoms with Gasteiger partial charge in [-0.15, -0.1) is 0 Å². The summed E-state index contributed by atoms with van der Waals surface area (Å²) < 4.78 is 15.9. The van der Waals surface area contributed by atoms with Crippen molar-refractivity contribution in [1.82, 2.24) is 5.43 Å². The third-order valence-electron chi connectivity index (χ3n) is 4.10. The van der Waals surface area contributed by atoms with E-state index >= 15 is 0 Å². The van der Waals surface area contributed by atoms with E-state index in [4.69, 9.17) is 14.2 Å². The summed E-state index contributed by atoms with van der Waals surface area (Å²) in [7, 11) is 4.62. The van der Waals surface area contributed by atoms with Gasteiger partial charge in [-0.05, 0) is 29.0 Å². The fourth-order valence-electron chi connectivity index (χ4n) is 2.82. The molecule has 3 rings (SSSR count). The molecular weight excluding hydrogens is 344 g/mol. The highest BCUT2D eigenvalue weighted by atomic mass is 16.5. The number of nitrogens with one attached hydrogen (secondary N) is 1. The summed E-state index contributed by atoms with van der Waals surface area (Å²) in [5.74, 6) is 1.24. The molecule has 0 atom stereocenters. The van der Waals surface area contributed by atoms with Crippen LogP contribution < -0.4 is 19.6 Å². The number of hydrogen-bond donors (Lipinski definition) is 1. The van der Waals surface area contributed by atoms with Crippen molar-refractivity contribution in [2.24, 2.45) is 5.10 Å². The van der Waals surface area contributed by atoms with Crippen molar-refractivity contribution in [3.63, 3.8) is 0 Å². The van der Waals surface area contributed by atoms with Crippen LogP contribution in [0.25, 0.3) is 10.8 Å². The topological polar surface area (TPSA) is 69.2 Å². The van der Waals surface area contributed by atoms with Gasteiger partial charge in [-0.1, -0.05) is 36.4 Å². The van der Waals surface area contributed by atoms with Gasteiger partial charge in [0.2, 0.25) is 5.75 Å². The number of carbonyl (C=O) groups is 1. The monoisotopic (exact) mass is 364 g/mol. The second-order valence-corrected chi connectivity index (χ2v) is 5.68. The third kappa shape index (κ3) is 3.84. The first-order valence-corrected chi connectivity index (χ1v) is 8.29. The zero-order valence-electron chi connectivity index (χ0n) is 15.4. The average Bonchev–Trinajstić information content (AvgIpc) is 2.72. The minimum Gasteiger partial charge on any atom is -0.493 e. The standard InChI is InChI=1S/C21H20N2O4/c1-25-18-11-14(12-19(26-2)20(18)27-3)13-22-23-21(24)17-10-6-8-15-7-4-5-9-16(15)17/h4-13H,1-3H3,(H,23,24). The number of fused-ring (bicyclic) bond motifs is 1. The van der Waals surface area contributed by atoms with Gasteiger partial charge in [-0.3, -0.25) is 4.79 Å². The van der Waals surface area contributed by atoms with E-state index < -0.39 is 0 Å². The first-order chi connectivity index (χ1) is 13.2. The summed E-state index contributed by atoms with van der Waals surface area (Å²) >= 11 is 0. The molecule has 0 aliphatic rings. The summed E-state index contributed by atoms with van der Waals surface area (Å²) in [6, 6.07) is 16.8. The molecule has 6 nitrogen and oxygen atoms in total. The van der Waals surface area contributed by atoms with Crippen molar-refractivity contribution in [3.8, 4) is 17.2 Å². The number of hydrogen-bond acceptors (Lipinski definition) is 5. The first-order valence-electron chi connectivity index (χ1n) is 8.29. The van der Waals surface area contributed by atoms with Crippen LogP contribution >= 0.6 is 0 Å². The molecule has 138 valence electrons. The Bertz CT molecular complexity index is 968. The number of hydrazone groups is 1. The molecule has 0 radical (unpaired) electrons. The number of benzene rings is 3. The minimum atomic E-state index is -0.282. The van der Waals surface area contributed by atoms with E-state index in [2.05, 4.69) is 10.5 Å². The molecule has 1 N–H and O–H groups in total. The number of rotatable bonds is 6. The van der Waals surface area contributed by atoms with Crippen molar-refractivity contribution in [2.45, 2.75) is 0 Å². The molecule has 27 heavy (non-hydrogen) atoms. The molecule has 0 saturated carbocycles. The van der Waals surface area contributed by atoms with Crippen molar-refractivity contribution < 1.29 is 19.0 Å². The van der Waals surface area contributed by atoms with Crippen LogP contribution in [0.5, 0.6) is 17.2 Å². The fourth-order valence-corrected chi connectivity index (χ4v) is 2.82. The van der Waals surface area contributed by atoms with E-state index in [1.807, 2.05) is 36.4 Å². The number of carbonyl (C=O) groups excluding carboxylic acids is 1. The van der Waals surface area contributed by atoms with Crippen LogP contribution in [0, 0.1) is 0 Å². The predicted octanol–water partition coefficient (Wildman–Crippen LogP) is 3.63. The largest absolute Gasteiger partial charge is 0.493 e. The van der Waals surface area contributed by atoms with Crippen LogP contribution in [0.4, 0.5) is 0 Å². The predicted molar refractivity (Wildman–Crippen MR) is 105 cm³/mol. The number of nitrogens with zero attached hydrogens (tertiary/aromatic N) is 1. The Balaban J connectivity index is 1.82. The Hall–Kier alpha value is -3.54. The van der Waals surface area contributed by atoms with Crippen molar-refractivity contribution >= 4 is 22.9 Å². The average molecular weight is 364 g/mol. The van der Waals surface area contributed by atoms with Crippen LogP contribution in [-0.4, -0.2) is 33.5 Å². The number of ether oxygens (including phenoxy) is 3. The van der Waals surface area contributed by atoms with E-state index in [-0.39, 0.29) is 5.91 Å². The highest BCUT2D eigenvalue weighted by Gasteiger charge is 2.12. The van der Waals surface area contributed by atoms with E-state index in [1.54, 1.807) is 39.5 Å². The maximum atomic E-state index is 12.5. The van der Waals surface area contributed by atoms with Crippen LogP contribution in [0.3, 0.4) is 0 Å². The molecule has 0 bridgehead atoms. The molecular formula is C21H20N2O4. The molecule has 0 fully saturated rings. The lowest BCUT2D eigenvalue weighted by Gasteiger charge is -2.12. The van der Waals surface area contributed by atoms with Crippen molar-refractivity contribution in [1.29, 1.82) is 0 Å². The lowest BCUT2D eigenvalue weighted by Crippen LogP contribution is -2.17. The fraction of sp³-hybridized carbons (Fsp3) is 0.143. The van der Waals surface area contributed by atoms with E-state index in [0.29, 0.717) is 28.4 Å². The second-order valence-electron chi connectivity index (χ2n) is 5.68. The van der Waals surface area contributed by atoms with Crippen LogP contribution in [0.15, 0.2) is 59.7 Å². The van der Waals surface area contributed by atoms with Gasteiger partial charge < -0.3 is 14.2 Å². The second kappa shape index (κ2) is 8.23. The molecule has 3 aromatic rings. The van der Waals surface area contributed by atoms with Gasteiger partial charge in [0.1, 0.15) is 0 Å². The Morgan fingerprint density at radius 3 is 2.26 bits per heavy atom. The van der Waals surface area contributed by atoms with Gasteiger partial charge in [-0.2, -0.15) is 5.10 Å². The maximum absolute atomic E-state index is 12.5. The van der Waals surface area contributed by atoms with E-state index in [0.717, 1.165) is 10.8 Å². The van der Waals surface area contributed by atoms with Crippen molar-refractivity contribution in [3.05, 3.63) is 65.7 Å². The van der Waals surface area contributed by atoms with Gasteiger partial charge >= 0.3 is 0 Å². The summed E-state index contributed by atoms with van der Waals surface area (Å²) in [5.41, 5.74) is 3.82. The maximum Gasteiger partial charge on any atom is 0.271 e. The molecule has 0 aliphatic heterocycles. The molecule has 1 amide bonds. The minimum absolute atomic E-state index is 0.282. The summed E-state index contributed by atoms with van der Waals surface area (Å²) in [5, 5.41) is 5.93. The summed E-state index contributed by atoms with van der Waals surface area (Å²) in [4.78, 5) is 12.5. The van der Waals surface area contributed by atoms with E-state index in [9.17, 15) is 4.79 Å². The van der Waals surface area contributed by atoms with Crippen LogP contribution in [0.1, 0.15) is 15.9 Å². The Morgan fingerprint density at radius 1 is 0.926 bits per heavy atom. The molecule has 0 aliphatic carbocycles. The summed E-state index contributed by atoms with van der Waals surface area (Å²) in [6.45, 7) is 0. The first kappa shape index (κ1) is 18.3. The Kier molecular flexibility index (Phi) is 5.56. The van der Waals surface area contributed by atoms with Crippen LogP contribution in [-0.2, 0) is 0 Å². The molecule has 0 saturated heterocycles. The molecule has 6 heteroatoms. The Labute approximate surface area is 157 Å². The SMILES string of the molecule is COc1cc(C=NNC(=O)c2cccc3ccccc23)cc(OC)c1OC. The van der Waals surface area contributed by atoms with E-state index in [1.165, 1.54) is 6.21 Å². The normalized spacial score (nSPS) is 10.8. The van der Waals surface area contributed by atoms with Gasteiger partial charge in [0, 0.05) is 11.1 Å². The highest BCUT2D eigenvalue weighted by Crippen LogP contribution is 2.37. The number of amides is 1. The number of methoxy groups -OCH3 is 3.